The molecule has 2 amide bonds. The summed E-state index contributed by atoms with van der Waals surface area (Å²) in [5.41, 5.74) is 0.908. The number of amides is 2. The third-order valence-corrected chi connectivity index (χ3v) is 4.75. The molecule has 1 aromatic rings. The van der Waals surface area contributed by atoms with E-state index in [1.807, 2.05) is 27.7 Å². The zero-order valence-electron chi connectivity index (χ0n) is 15.9. The second-order valence-electron chi connectivity index (χ2n) is 8.11. The monoisotopic (exact) mass is 360 g/mol. The molecule has 1 aliphatic rings. The molecule has 1 fully saturated rings. The second kappa shape index (κ2) is 7.89. The summed E-state index contributed by atoms with van der Waals surface area (Å²) in [7, 11) is 0. The standard InChI is InChI=1S/C20H28N2O4/c1-13-9-10-22(16(11-13)18(24)25)17(23)15-7-5-14(6-8-15)12-21-19(26)20(2,3)4/h5-8,13,16H,9-12H2,1-4H3,(H,21,26)(H,24,25). The SMILES string of the molecule is CC1CCN(C(=O)c2ccc(CNC(=O)C(C)(C)C)cc2)C(C(=O)O)C1. The lowest BCUT2D eigenvalue weighted by Crippen LogP contribution is -2.49. The summed E-state index contributed by atoms with van der Waals surface area (Å²) in [5, 5.41) is 12.3. The summed E-state index contributed by atoms with van der Waals surface area (Å²) >= 11 is 0. The fraction of sp³-hybridized carbons (Fsp3) is 0.550. The molecule has 2 rings (SSSR count). The van der Waals surface area contributed by atoms with Crippen LogP contribution in [0.4, 0.5) is 0 Å². The van der Waals surface area contributed by atoms with Crippen LogP contribution in [-0.2, 0) is 16.1 Å². The lowest BCUT2D eigenvalue weighted by atomic mass is 9.92. The number of carbonyl (C=O) groups is 3. The van der Waals surface area contributed by atoms with Crippen molar-refractivity contribution in [1.29, 1.82) is 0 Å². The molecule has 6 nitrogen and oxygen atoms in total. The van der Waals surface area contributed by atoms with Gasteiger partial charge in [0.25, 0.3) is 5.91 Å². The van der Waals surface area contributed by atoms with E-state index >= 15 is 0 Å². The Hall–Kier alpha value is -2.37. The molecule has 1 aromatic carbocycles. The Kier molecular flexibility index (Phi) is 6.05. The summed E-state index contributed by atoms with van der Waals surface area (Å²) in [5.74, 6) is -0.945. The molecular formula is C20H28N2O4. The van der Waals surface area contributed by atoms with Gasteiger partial charge < -0.3 is 15.3 Å². The number of nitrogens with zero attached hydrogens (tertiary/aromatic N) is 1. The summed E-state index contributed by atoms with van der Waals surface area (Å²) in [4.78, 5) is 37.6. The number of piperidine rings is 1. The van der Waals surface area contributed by atoms with Crippen LogP contribution in [-0.4, -0.2) is 40.4 Å². The maximum Gasteiger partial charge on any atom is 0.326 e. The van der Waals surface area contributed by atoms with Crippen molar-refractivity contribution in [3.8, 4) is 0 Å². The molecule has 6 heteroatoms. The van der Waals surface area contributed by atoms with Crippen LogP contribution in [0.15, 0.2) is 24.3 Å². The molecule has 1 heterocycles. The fourth-order valence-corrected chi connectivity index (χ4v) is 3.00. The predicted octanol–water partition coefficient (Wildman–Crippen LogP) is 2.67. The van der Waals surface area contributed by atoms with Crippen LogP contribution < -0.4 is 5.32 Å². The second-order valence-corrected chi connectivity index (χ2v) is 8.11. The van der Waals surface area contributed by atoms with Crippen molar-refractivity contribution in [3.63, 3.8) is 0 Å². The first-order valence-electron chi connectivity index (χ1n) is 9.00. The van der Waals surface area contributed by atoms with Gasteiger partial charge in [-0.15, -0.1) is 0 Å². The highest BCUT2D eigenvalue weighted by atomic mass is 16.4. The van der Waals surface area contributed by atoms with E-state index in [-0.39, 0.29) is 11.8 Å². The van der Waals surface area contributed by atoms with Crippen LogP contribution in [0.25, 0.3) is 0 Å². The Morgan fingerprint density at radius 2 is 1.81 bits per heavy atom. The van der Waals surface area contributed by atoms with Gasteiger partial charge >= 0.3 is 5.97 Å². The first-order chi connectivity index (χ1) is 12.1. The molecule has 2 atom stereocenters. The average molecular weight is 360 g/mol. The Bertz CT molecular complexity index is 676. The number of aliphatic carboxylic acids is 1. The van der Waals surface area contributed by atoms with Gasteiger partial charge in [-0.05, 0) is 36.5 Å². The fourth-order valence-electron chi connectivity index (χ4n) is 3.00. The average Bonchev–Trinajstić information content (AvgIpc) is 2.58. The number of carboxylic acid groups (broad SMARTS) is 1. The third kappa shape index (κ3) is 4.84. The number of benzene rings is 1. The Morgan fingerprint density at radius 1 is 1.19 bits per heavy atom. The quantitative estimate of drug-likeness (QED) is 0.864. The van der Waals surface area contributed by atoms with Crippen LogP contribution in [0.3, 0.4) is 0 Å². The summed E-state index contributed by atoms with van der Waals surface area (Å²) in [6, 6.07) is 6.20. The zero-order valence-corrected chi connectivity index (χ0v) is 15.9. The van der Waals surface area contributed by atoms with E-state index < -0.39 is 17.4 Å². The molecule has 26 heavy (non-hydrogen) atoms. The van der Waals surface area contributed by atoms with Gasteiger partial charge in [-0.2, -0.15) is 0 Å². The van der Waals surface area contributed by atoms with Gasteiger partial charge in [-0.25, -0.2) is 4.79 Å². The van der Waals surface area contributed by atoms with Crippen molar-refractivity contribution in [2.24, 2.45) is 11.3 Å². The zero-order chi connectivity index (χ0) is 19.5. The number of nitrogens with one attached hydrogen (secondary N) is 1. The molecule has 0 saturated carbocycles. The van der Waals surface area contributed by atoms with Crippen LogP contribution >= 0.6 is 0 Å². The van der Waals surface area contributed by atoms with Crippen molar-refractivity contribution >= 4 is 17.8 Å². The minimum atomic E-state index is -0.952. The number of carboxylic acids is 1. The lowest BCUT2D eigenvalue weighted by molar-refractivity contribution is -0.144. The van der Waals surface area contributed by atoms with Gasteiger partial charge in [0.1, 0.15) is 6.04 Å². The van der Waals surface area contributed by atoms with E-state index in [1.165, 1.54) is 4.90 Å². The molecule has 0 bridgehead atoms. The van der Waals surface area contributed by atoms with Crippen molar-refractivity contribution < 1.29 is 19.5 Å². The van der Waals surface area contributed by atoms with E-state index in [1.54, 1.807) is 24.3 Å². The van der Waals surface area contributed by atoms with E-state index in [0.29, 0.717) is 31.0 Å². The summed E-state index contributed by atoms with van der Waals surface area (Å²) < 4.78 is 0. The first-order valence-corrected chi connectivity index (χ1v) is 9.00. The van der Waals surface area contributed by atoms with Crippen LogP contribution in [0, 0.1) is 11.3 Å². The molecule has 142 valence electrons. The number of likely N-dealkylation sites (tertiary alicyclic amines) is 1. The van der Waals surface area contributed by atoms with E-state index in [0.717, 1.165) is 12.0 Å². The highest BCUT2D eigenvalue weighted by Crippen LogP contribution is 2.24. The molecule has 1 saturated heterocycles. The summed E-state index contributed by atoms with van der Waals surface area (Å²) in [6.07, 6.45) is 1.30. The highest BCUT2D eigenvalue weighted by Gasteiger charge is 2.35. The topological polar surface area (TPSA) is 86.7 Å². The third-order valence-electron chi connectivity index (χ3n) is 4.75. The van der Waals surface area contributed by atoms with Crippen molar-refractivity contribution in [3.05, 3.63) is 35.4 Å². The highest BCUT2D eigenvalue weighted by molar-refractivity contribution is 5.96. The van der Waals surface area contributed by atoms with Gasteiger partial charge in [0.2, 0.25) is 5.91 Å². The van der Waals surface area contributed by atoms with Crippen LogP contribution in [0.5, 0.6) is 0 Å². The van der Waals surface area contributed by atoms with Crippen LogP contribution in [0.1, 0.15) is 56.5 Å². The molecule has 0 aromatic heterocycles. The number of carbonyl (C=O) groups excluding carboxylic acids is 2. The van der Waals surface area contributed by atoms with Gasteiger partial charge in [-0.1, -0.05) is 39.8 Å². The minimum Gasteiger partial charge on any atom is -0.480 e. The largest absolute Gasteiger partial charge is 0.480 e. The minimum absolute atomic E-state index is 0.0376. The van der Waals surface area contributed by atoms with Gasteiger partial charge in [0, 0.05) is 24.1 Å². The normalized spacial score (nSPS) is 20.5. The van der Waals surface area contributed by atoms with E-state index in [2.05, 4.69) is 5.32 Å². The Morgan fingerprint density at radius 3 is 2.35 bits per heavy atom. The molecule has 2 N–H and O–H groups in total. The van der Waals surface area contributed by atoms with E-state index in [9.17, 15) is 19.5 Å². The molecule has 0 radical (unpaired) electrons. The smallest absolute Gasteiger partial charge is 0.326 e. The van der Waals surface area contributed by atoms with Crippen molar-refractivity contribution in [2.75, 3.05) is 6.54 Å². The van der Waals surface area contributed by atoms with Gasteiger partial charge in [0.15, 0.2) is 0 Å². The van der Waals surface area contributed by atoms with Gasteiger partial charge in [-0.3, -0.25) is 9.59 Å². The molecular weight excluding hydrogens is 332 g/mol. The maximum absolute atomic E-state index is 12.7. The number of rotatable bonds is 4. The lowest BCUT2D eigenvalue weighted by Gasteiger charge is -2.36. The van der Waals surface area contributed by atoms with Crippen LogP contribution in [0.2, 0.25) is 0 Å². The predicted molar refractivity (Wildman–Crippen MR) is 98.6 cm³/mol. The molecule has 2 unspecified atom stereocenters. The van der Waals surface area contributed by atoms with Crippen molar-refractivity contribution in [1.82, 2.24) is 10.2 Å². The van der Waals surface area contributed by atoms with E-state index in [4.69, 9.17) is 0 Å². The molecule has 0 aliphatic carbocycles. The van der Waals surface area contributed by atoms with Crippen molar-refractivity contribution in [2.45, 2.75) is 53.1 Å². The van der Waals surface area contributed by atoms with Gasteiger partial charge in [0.05, 0.1) is 0 Å². The Balaban J connectivity index is 2.04. The number of hydrogen-bond acceptors (Lipinski definition) is 3. The maximum atomic E-state index is 12.7. The molecule has 0 spiro atoms. The Labute approximate surface area is 154 Å². The number of hydrogen-bond donors (Lipinski definition) is 2. The summed E-state index contributed by atoms with van der Waals surface area (Å²) in [6.45, 7) is 8.41. The molecule has 1 aliphatic heterocycles. The first kappa shape index (κ1) is 19.9.